The molecule has 3 heterocycles. The van der Waals surface area contributed by atoms with E-state index in [-0.39, 0.29) is 5.91 Å². The average molecular weight is 277 g/mol. The van der Waals surface area contributed by atoms with Gasteiger partial charge < -0.3 is 15.2 Å². The quantitative estimate of drug-likeness (QED) is 0.854. The van der Waals surface area contributed by atoms with Crippen molar-refractivity contribution < 1.29 is 4.79 Å². The number of nitrogens with two attached hydrogens (primary N) is 1. The molecule has 2 saturated heterocycles. The number of rotatable bonds is 3. The van der Waals surface area contributed by atoms with E-state index in [0.29, 0.717) is 24.8 Å². The first-order valence-electron chi connectivity index (χ1n) is 7.53. The molecule has 2 fully saturated rings. The molecule has 0 aliphatic carbocycles. The maximum atomic E-state index is 12.6. The Balaban J connectivity index is 1.68. The number of aromatic nitrogens is 2. The Morgan fingerprint density at radius 3 is 3.05 bits per heavy atom. The van der Waals surface area contributed by atoms with E-state index in [2.05, 4.69) is 9.88 Å². The van der Waals surface area contributed by atoms with Crippen molar-refractivity contribution in [1.29, 1.82) is 0 Å². The van der Waals surface area contributed by atoms with Crippen LogP contribution >= 0.6 is 0 Å². The summed E-state index contributed by atoms with van der Waals surface area (Å²) in [6, 6.07) is 0.549. The Morgan fingerprint density at radius 1 is 1.35 bits per heavy atom. The molecule has 2 aliphatic heterocycles. The van der Waals surface area contributed by atoms with Crippen LogP contribution in [0.1, 0.15) is 29.8 Å². The van der Waals surface area contributed by atoms with Crippen LogP contribution in [-0.2, 0) is 6.54 Å². The molecular weight excluding hydrogens is 254 g/mol. The van der Waals surface area contributed by atoms with Crippen molar-refractivity contribution in [3.63, 3.8) is 0 Å². The lowest BCUT2D eigenvalue weighted by molar-refractivity contribution is 0.0738. The summed E-state index contributed by atoms with van der Waals surface area (Å²) >= 11 is 0. The normalized spacial score (nSPS) is 23.6. The van der Waals surface area contributed by atoms with Gasteiger partial charge in [0.05, 0.1) is 6.33 Å². The first-order valence-corrected chi connectivity index (χ1v) is 7.53. The molecule has 2 aliphatic rings. The Kier molecular flexibility index (Phi) is 4.03. The number of fused-ring (bicyclic) bond motifs is 1. The summed E-state index contributed by atoms with van der Waals surface area (Å²) < 4.78 is 1.88. The van der Waals surface area contributed by atoms with Crippen LogP contribution < -0.4 is 5.73 Å². The summed E-state index contributed by atoms with van der Waals surface area (Å²) in [5, 5.41) is 0. The smallest absolute Gasteiger partial charge is 0.274 e. The summed E-state index contributed by atoms with van der Waals surface area (Å²) in [4.78, 5) is 21.3. The fourth-order valence-electron chi connectivity index (χ4n) is 3.29. The summed E-state index contributed by atoms with van der Waals surface area (Å²) in [6.07, 6.45) is 7.04. The van der Waals surface area contributed by atoms with Gasteiger partial charge in [-0.3, -0.25) is 9.69 Å². The molecule has 0 aromatic carbocycles. The van der Waals surface area contributed by atoms with Gasteiger partial charge in [-0.05, 0) is 25.8 Å². The first kappa shape index (κ1) is 13.6. The maximum Gasteiger partial charge on any atom is 0.274 e. The van der Waals surface area contributed by atoms with Gasteiger partial charge in [0.15, 0.2) is 0 Å². The van der Waals surface area contributed by atoms with Crippen LogP contribution in [-0.4, -0.2) is 64.0 Å². The van der Waals surface area contributed by atoms with E-state index in [9.17, 15) is 4.79 Å². The Labute approximate surface area is 119 Å². The minimum absolute atomic E-state index is 0.0644. The molecule has 20 heavy (non-hydrogen) atoms. The van der Waals surface area contributed by atoms with Crippen molar-refractivity contribution in [2.24, 2.45) is 5.73 Å². The molecular formula is C14H23N5O. The highest BCUT2D eigenvalue weighted by molar-refractivity contribution is 5.92. The molecule has 6 heteroatoms. The average Bonchev–Trinajstić information content (AvgIpc) is 3.04. The summed E-state index contributed by atoms with van der Waals surface area (Å²) in [5.74, 6) is 0.0644. The van der Waals surface area contributed by atoms with Gasteiger partial charge in [0.25, 0.3) is 5.91 Å². The fourth-order valence-corrected chi connectivity index (χ4v) is 3.29. The second-order valence-electron chi connectivity index (χ2n) is 5.72. The highest BCUT2D eigenvalue weighted by Gasteiger charge is 2.31. The van der Waals surface area contributed by atoms with E-state index in [0.717, 1.165) is 26.1 Å². The van der Waals surface area contributed by atoms with Gasteiger partial charge in [-0.15, -0.1) is 0 Å². The van der Waals surface area contributed by atoms with Crippen LogP contribution in [0, 0.1) is 0 Å². The second-order valence-corrected chi connectivity index (χ2v) is 5.72. The minimum Gasteiger partial charge on any atom is -0.336 e. The number of hydrogen-bond acceptors (Lipinski definition) is 4. The van der Waals surface area contributed by atoms with Crippen LogP contribution in [0.25, 0.3) is 0 Å². The van der Waals surface area contributed by atoms with E-state index in [1.165, 1.54) is 19.4 Å². The molecule has 110 valence electrons. The van der Waals surface area contributed by atoms with Gasteiger partial charge in [0.2, 0.25) is 0 Å². The van der Waals surface area contributed by atoms with Crippen molar-refractivity contribution >= 4 is 5.91 Å². The van der Waals surface area contributed by atoms with Gasteiger partial charge in [-0.25, -0.2) is 4.98 Å². The molecule has 0 radical (unpaired) electrons. The van der Waals surface area contributed by atoms with Crippen molar-refractivity contribution in [3.8, 4) is 0 Å². The lowest BCUT2D eigenvalue weighted by Gasteiger charge is -2.25. The first-order chi connectivity index (χ1) is 9.78. The molecule has 1 amide bonds. The lowest BCUT2D eigenvalue weighted by Crippen LogP contribution is -2.39. The van der Waals surface area contributed by atoms with Gasteiger partial charge in [-0.2, -0.15) is 0 Å². The predicted octanol–water partition coefficient (Wildman–Crippen LogP) is 0.152. The number of hydrogen-bond donors (Lipinski definition) is 1. The standard InChI is InChI=1S/C14H23N5O/c15-4-8-17-10-13(16-11-17)14(20)19-7-2-6-18-5-1-3-12(18)9-19/h10-12H,1-9,15H2. The zero-order valence-electron chi connectivity index (χ0n) is 11.9. The van der Waals surface area contributed by atoms with Gasteiger partial charge in [0, 0.05) is 45.0 Å². The zero-order chi connectivity index (χ0) is 13.9. The second kappa shape index (κ2) is 5.93. The molecule has 2 N–H and O–H groups in total. The molecule has 1 atom stereocenters. The summed E-state index contributed by atoms with van der Waals surface area (Å²) in [6.45, 7) is 5.27. The van der Waals surface area contributed by atoms with E-state index < -0.39 is 0 Å². The number of carbonyl (C=O) groups excluding carboxylic acids is 1. The maximum absolute atomic E-state index is 12.6. The Bertz CT molecular complexity index is 472. The van der Waals surface area contributed by atoms with Crippen LogP contribution in [0.5, 0.6) is 0 Å². The Morgan fingerprint density at radius 2 is 2.20 bits per heavy atom. The number of imidazole rings is 1. The number of carbonyl (C=O) groups is 1. The molecule has 6 nitrogen and oxygen atoms in total. The molecule has 1 aromatic rings. The van der Waals surface area contributed by atoms with Crippen LogP contribution in [0.15, 0.2) is 12.5 Å². The van der Waals surface area contributed by atoms with E-state index in [4.69, 9.17) is 5.73 Å². The molecule has 0 saturated carbocycles. The van der Waals surface area contributed by atoms with E-state index in [1.807, 2.05) is 15.7 Å². The highest BCUT2D eigenvalue weighted by Crippen LogP contribution is 2.22. The summed E-state index contributed by atoms with van der Waals surface area (Å²) in [7, 11) is 0. The third kappa shape index (κ3) is 2.71. The molecule has 1 unspecified atom stereocenters. The zero-order valence-corrected chi connectivity index (χ0v) is 11.9. The van der Waals surface area contributed by atoms with Crippen molar-refractivity contribution in [2.45, 2.75) is 31.8 Å². The lowest BCUT2D eigenvalue weighted by atomic mass is 10.2. The minimum atomic E-state index is 0.0644. The van der Waals surface area contributed by atoms with Gasteiger partial charge in [-0.1, -0.05) is 0 Å². The monoisotopic (exact) mass is 277 g/mol. The SMILES string of the molecule is NCCn1cnc(C(=O)N2CCCN3CCCC3C2)c1. The third-order valence-electron chi connectivity index (χ3n) is 4.33. The predicted molar refractivity (Wildman–Crippen MR) is 76.4 cm³/mol. The van der Waals surface area contributed by atoms with Crippen LogP contribution in [0.4, 0.5) is 0 Å². The van der Waals surface area contributed by atoms with Gasteiger partial charge >= 0.3 is 0 Å². The number of amides is 1. The van der Waals surface area contributed by atoms with E-state index >= 15 is 0 Å². The third-order valence-corrected chi connectivity index (χ3v) is 4.33. The summed E-state index contributed by atoms with van der Waals surface area (Å²) in [5.41, 5.74) is 6.06. The fraction of sp³-hybridized carbons (Fsp3) is 0.714. The molecule has 3 rings (SSSR count). The molecule has 1 aromatic heterocycles. The van der Waals surface area contributed by atoms with Crippen LogP contribution in [0.2, 0.25) is 0 Å². The van der Waals surface area contributed by atoms with Gasteiger partial charge in [0.1, 0.15) is 5.69 Å². The largest absolute Gasteiger partial charge is 0.336 e. The Hall–Kier alpha value is -1.40. The van der Waals surface area contributed by atoms with Crippen molar-refractivity contribution in [3.05, 3.63) is 18.2 Å². The topological polar surface area (TPSA) is 67.4 Å². The molecule has 0 spiro atoms. The number of nitrogens with zero attached hydrogens (tertiary/aromatic N) is 4. The van der Waals surface area contributed by atoms with E-state index in [1.54, 1.807) is 6.33 Å². The van der Waals surface area contributed by atoms with Crippen molar-refractivity contribution in [2.75, 3.05) is 32.7 Å². The van der Waals surface area contributed by atoms with Crippen LogP contribution in [0.3, 0.4) is 0 Å². The van der Waals surface area contributed by atoms with Crippen molar-refractivity contribution in [1.82, 2.24) is 19.4 Å². The highest BCUT2D eigenvalue weighted by atomic mass is 16.2. The molecule has 0 bridgehead atoms.